The molecule has 2 aromatic rings. The highest BCUT2D eigenvalue weighted by molar-refractivity contribution is 6.02. The predicted molar refractivity (Wildman–Crippen MR) is 126 cm³/mol. The summed E-state index contributed by atoms with van der Waals surface area (Å²) >= 11 is 0. The monoisotopic (exact) mass is 482 g/mol. The van der Waals surface area contributed by atoms with E-state index in [4.69, 9.17) is 4.74 Å². The second kappa shape index (κ2) is 8.90. The van der Waals surface area contributed by atoms with E-state index in [-0.39, 0.29) is 23.7 Å². The number of aromatic amines is 1. The smallest absolute Gasteiger partial charge is 0.326 e. The summed E-state index contributed by atoms with van der Waals surface area (Å²) in [5.74, 6) is -1.96. The Morgan fingerprint density at radius 2 is 2.11 bits per heavy atom. The van der Waals surface area contributed by atoms with Gasteiger partial charge in [-0.1, -0.05) is 12.5 Å². The maximum Gasteiger partial charge on any atom is 0.326 e. The highest BCUT2D eigenvalue weighted by Crippen LogP contribution is 2.50. The fourth-order valence-electron chi connectivity index (χ4n) is 5.76. The Balaban J connectivity index is 1.37. The molecule has 0 bridgehead atoms. The molecule has 10 nitrogen and oxygen atoms in total. The number of carboxylic acid groups (broad SMARTS) is 1. The predicted octanol–water partition coefficient (Wildman–Crippen LogP) is 1.66. The van der Waals surface area contributed by atoms with Crippen LogP contribution in [0.3, 0.4) is 0 Å². The van der Waals surface area contributed by atoms with Crippen molar-refractivity contribution >= 4 is 34.6 Å². The topological polar surface area (TPSA) is 141 Å². The van der Waals surface area contributed by atoms with Crippen LogP contribution in [0.1, 0.15) is 49.0 Å². The summed E-state index contributed by atoms with van der Waals surface area (Å²) in [5.41, 5.74) is 1.01. The van der Waals surface area contributed by atoms with Crippen molar-refractivity contribution in [1.29, 1.82) is 0 Å². The van der Waals surface area contributed by atoms with E-state index >= 15 is 0 Å². The van der Waals surface area contributed by atoms with E-state index in [9.17, 15) is 24.3 Å². The summed E-state index contributed by atoms with van der Waals surface area (Å²) in [6.45, 7) is 0.964. The SMILES string of the molecule is COc1cccc2[nH]c(C(=O)N3CC4(CCC4)C[C@H]3C(=O)NC(C[C@@H]3CCNC3=O)C(=O)O)cc12. The number of fused-ring (bicyclic) bond motifs is 1. The minimum Gasteiger partial charge on any atom is -0.496 e. The molecule has 1 saturated carbocycles. The van der Waals surface area contributed by atoms with Crippen molar-refractivity contribution < 1.29 is 29.0 Å². The number of benzene rings is 1. The van der Waals surface area contributed by atoms with Gasteiger partial charge in [0.05, 0.1) is 7.11 Å². The van der Waals surface area contributed by atoms with Crippen LogP contribution in [0, 0.1) is 11.3 Å². The molecule has 1 aromatic carbocycles. The van der Waals surface area contributed by atoms with Gasteiger partial charge in [-0.2, -0.15) is 0 Å². The average molecular weight is 483 g/mol. The zero-order valence-electron chi connectivity index (χ0n) is 19.6. The largest absolute Gasteiger partial charge is 0.496 e. The lowest BCUT2D eigenvalue weighted by Gasteiger charge is -2.37. The van der Waals surface area contributed by atoms with Gasteiger partial charge in [-0.25, -0.2) is 4.79 Å². The van der Waals surface area contributed by atoms with Gasteiger partial charge in [-0.05, 0) is 55.7 Å². The number of likely N-dealkylation sites (tertiary alicyclic amines) is 1. The van der Waals surface area contributed by atoms with Crippen LogP contribution in [0.5, 0.6) is 5.75 Å². The Kier molecular flexibility index (Phi) is 5.90. The first-order valence-electron chi connectivity index (χ1n) is 12.1. The van der Waals surface area contributed by atoms with Crippen LogP contribution in [0.15, 0.2) is 24.3 Å². The molecule has 3 atom stereocenters. The molecule has 3 heterocycles. The third kappa shape index (κ3) is 4.21. The summed E-state index contributed by atoms with van der Waals surface area (Å²) in [4.78, 5) is 55.5. The number of nitrogens with zero attached hydrogens (tertiary/aromatic N) is 1. The Hall–Kier alpha value is -3.56. The summed E-state index contributed by atoms with van der Waals surface area (Å²) in [7, 11) is 1.57. The molecule has 3 fully saturated rings. The first-order chi connectivity index (χ1) is 16.8. The Labute approximate surface area is 202 Å². The van der Waals surface area contributed by atoms with E-state index < -0.39 is 29.9 Å². The second-order valence-electron chi connectivity index (χ2n) is 10.0. The summed E-state index contributed by atoms with van der Waals surface area (Å²) in [5, 5.41) is 15.8. The summed E-state index contributed by atoms with van der Waals surface area (Å²) in [6.07, 6.45) is 4.00. The number of hydrogen-bond acceptors (Lipinski definition) is 5. The Morgan fingerprint density at radius 1 is 1.31 bits per heavy atom. The zero-order valence-corrected chi connectivity index (χ0v) is 19.6. The van der Waals surface area contributed by atoms with Crippen molar-refractivity contribution in [2.24, 2.45) is 11.3 Å². The normalized spacial score (nSPS) is 23.7. The number of nitrogens with one attached hydrogen (secondary N) is 3. The molecule has 1 aliphatic carbocycles. The van der Waals surface area contributed by atoms with Crippen molar-refractivity contribution in [3.8, 4) is 5.75 Å². The van der Waals surface area contributed by atoms with E-state index in [2.05, 4.69) is 15.6 Å². The molecule has 4 N–H and O–H groups in total. The van der Waals surface area contributed by atoms with Gasteiger partial charge in [-0.3, -0.25) is 14.4 Å². The van der Waals surface area contributed by atoms with Crippen LogP contribution in [-0.4, -0.2) is 71.0 Å². The van der Waals surface area contributed by atoms with Crippen molar-refractivity contribution in [3.63, 3.8) is 0 Å². The average Bonchev–Trinajstić information content (AvgIpc) is 3.54. The maximum absolute atomic E-state index is 13.6. The molecule has 10 heteroatoms. The van der Waals surface area contributed by atoms with Crippen molar-refractivity contribution in [3.05, 3.63) is 30.0 Å². The molecule has 186 valence electrons. The third-order valence-corrected chi connectivity index (χ3v) is 7.86. The van der Waals surface area contributed by atoms with E-state index in [1.807, 2.05) is 18.2 Å². The molecular formula is C25H30N4O6. The van der Waals surface area contributed by atoms with Gasteiger partial charge in [-0.15, -0.1) is 0 Å². The van der Waals surface area contributed by atoms with Crippen LogP contribution in [0.4, 0.5) is 0 Å². The van der Waals surface area contributed by atoms with Crippen molar-refractivity contribution in [2.75, 3.05) is 20.2 Å². The lowest BCUT2D eigenvalue weighted by Crippen LogP contribution is -2.51. The summed E-state index contributed by atoms with van der Waals surface area (Å²) < 4.78 is 5.40. The number of methoxy groups -OCH3 is 1. The maximum atomic E-state index is 13.6. The molecule has 2 saturated heterocycles. The number of aliphatic carboxylic acids is 1. The van der Waals surface area contributed by atoms with E-state index in [1.165, 1.54) is 0 Å². The second-order valence-corrected chi connectivity index (χ2v) is 10.0. The fourth-order valence-corrected chi connectivity index (χ4v) is 5.76. The highest BCUT2D eigenvalue weighted by Gasteiger charge is 2.52. The fraction of sp³-hybridized carbons (Fsp3) is 0.520. The van der Waals surface area contributed by atoms with Crippen molar-refractivity contribution in [2.45, 2.75) is 50.6 Å². The molecule has 3 amide bonds. The van der Waals surface area contributed by atoms with Crippen molar-refractivity contribution in [1.82, 2.24) is 20.5 Å². The Morgan fingerprint density at radius 3 is 2.74 bits per heavy atom. The van der Waals surface area contributed by atoms with E-state index in [1.54, 1.807) is 18.1 Å². The van der Waals surface area contributed by atoms with Gasteiger partial charge in [0.1, 0.15) is 23.5 Å². The standard InChI is InChI=1S/C25H30N4O6/c1-35-20-5-2-4-16-15(20)11-17(27-16)23(32)29-13-25(7-3-8-25)12-19(29)22(31)28-18(24(33)34)10-14-6-9-26-21(14)30/h2,4-5,11,14,18-19,27H,3,6-10,12-13H2,1H3,(H,26,30)(H,28,31)(H,33,34)/t14-,18?,19-/m0/s1. The van der Waals surface area contributed by atoms with Crippen LogP contribution in [0.2, 0.25) is 0 Å². The number of rotatable bonds is 7. The first-order valence-corrected chi connectivity index (χ1v) is 12.1. The molecule has 5 rings (SSSR count). The lowest BCUT2D eigenvalue weighted by atomic mass is 9.67. The van der Waals surface area contributed by atoms with Crippen LogP contribution < -0.4 is 15.4 Å². The van der Waals surface area contributed by atoms with Gasteiger partial charge in [0.2, 0.25) is 11.8 Å². The minimum absolute atomic E-state index is 0.0283. The number of H-pyrrole nitrogens is 1. The zero-order chi connectivity index (χ0) is 24.7. The highest BCUT2D eigenvalue weighted by atomic mass is 16.5. The molecule has 0 radical (unpaired) electrons. The first kappa shape index (κ1) is 23.2. The van der Waals surface area contributed by atoms with E-state index in [0.29, 0.717) is 37.4 Å². The number of aromatic nitrogens is 1. The number of carbonyl (C=O) groups is 4. The molecule has 2 aliphatic heterocycles. The number of carbonyl (C=O) groups excluding carboxylic acids is 3. The summed E-state index contributed by atoms with van der Waals surface area (Å²) in [6, 6.07) is 5.27. The van der Waals surface area contributed by atoms with Crippen LogP contribution in [0.25, 0.3) is 10.9 Å². The number of ether oxygens (including phenoxy) is 1. The van der Waals surface area contributed by atoms with E-state index in [0.717, 1.165) is 30.2 Å². The molecule has 1 spiro atoms. The lowest BCUT2D eigenvalue weighted by molar-refractivity contribution is -0.143. The molecular weight excluding hydrogens is 452 g/mol. The van der Waals surface area contributed by atoms with Crippen LogP contribution in [-0.2, 0) is 14.4 Å². The number of carboxylic acids is 1. The molecule has 1 aromatic heterocycles. The van der Waals surface area contributed by atoms with Gasteiger partial charge < -0.3 is 30.4 Å². The molecule has 3 aliphatic rings. The number of hydrogen-bond donors (Lipinski definition) is 4. The van der Waals surface area contributed by atoms with Gasteiger partial charge in [0.25, 0.3) is 5.91 Å². The molecule has 1 unspecified atom stereocenters. The van der Waals surface area contributed by atoms with Gasteiger partial charge >= 0.3 is 5.97 Å². The Bertz CT molecular complexity index is 1190. The molecule has 35 heavy (non-hydrogen) atoms. The quantitative estimate of drug-likeness (QED) is 0.473. The van der Waals surface area contributed by atoms with Gasteiger partial charge in [0.15, 0.2) is 0 Å². The minimum atomic E-state index is -1.19. The number of amides is 3. The van der Waals surface area contributed by atoms with Gasteiger partial charge in [0, 0.05) is 29.9 Å². The third-order valence-electron chi connectivity index (χ3n) is 7.86. The van der Waals surface area contributed by atoms with Crippen LogP contribution >= 0.6 is 0 Å².